The Morgan fingerprint density at radius 2 is 1.38 bits per heavy atom. The highest BCUT2D eigenvalue weighted by Gasteiger charge is 2.30. The minimum Gasteiger partial charge on any atom is -0.384 e. The van der Waals surface area contributed by atoms with Crippen LogP contribution in [0.4, 0.5) is 0 Å². The molecule has 0 aromatic heterocycles. The van der Waals surface area contributed by atoms with Gasteiger partial charge in [-0.05, 0) is 69.1 Å². The van der Waals surface area contributed by atoms with E-state index in [4.69, 9.17) is 4.74 Å². The van der Waals surface area contributed by atoms with Crippen molar-refractivity contribution in [2.24, 2.45) is 17.8 Å². The lowest BCUT2D eigenvalue weighted by molar-refractivity contribution is 0.0992. The Labute approximate surface area is 114 Å². The zero-order chi connectivity index (χ0) is 11.4. The maximum absolute atomic E-state index is 5.28. The molecule has 2 rings (SSSR count). The van der Waals surface area contributed by atoms with Crippen molar-refractivity contribution in [2.45, 2.75) is 55.3 Å². The summed E-state index contributed by atoms with van der Waals surface area (Å²) in [6.45, 7) is 0.993. The molecule has 2 aliphatic rings. The Balaban J connectivity index is 1.72. The molecule has 16 heavy (non-hydrogen) atoms. The van der Waals surface area contributed by atoms with Crippen molar-refractivity contribution in [3.05, 3.63) is 0 Å². The molecule has 2 fully saturated rings. The second kappa shape index (κ2) is 6.58. The molecule has 0 aromatic carbocycles. The third-order valence-corrected chi connectivity index (χ3v) is 5.91. The molecular formula is C14H25IO. The third-order valence-electron chi connectivity index (χ3n) is 4.66. The number of hydrogen-bond acceptors (Lipinski definition) is 1. The average molecular weight is 336 g/mol. The number of ether oxygens (including phenoxy) is 1. The van der Waals surface area contributed by atoms with Crippen molar-refractivity contribution in [3.8, 4) is 0 Å². The van der Waals surface area contributed by atoms with Crippen molar-refractivity contribution in [2.75, 3.05) is 13.7 Å². The molecule has 0 aliphatic heterocycles. The molecule has 0 bridgehead atoms. The molecule has 0 amide bonds. The fourth-order valence-electron chi connectivity index (χ4n) is 3.61. The predicted molar refractivity (Wildman–Crippen MR) is 77.1 cm³/mol. The Kier molecular flexibility index (Phi) is 5.40. The van der Waals surface area contributed by atoms with Gasteiger partial charge < -0.3 is 4.74 Å². The van der Waals surface area contributed by atoms with Gasteiger partial charge >= 0.3 is 0 Å². The van der Waals surface area contributed by atoms with E-state index in [9.17, 15) is 0 Å². The van der Waals surface area contributed by atoms with Crippen molar-refractivity contribution in [1.29, 1.82) is 0 Å². The number of hydrogen-bond donors (Lipinski definition) is 0. The van der Waals surface area contributed by atoms with Crippen molar-refractivity contribution in [3.63, 3.8) is 0 Å². The van der Waals surface area contributed by atoms with E-state index >= 15 is 0 Å². The van der Waals surface area contributed by atoms with Crippen LogP contribution in [-0.4, -0.2) is 17.6 Å². The smallest absolute Gasteiger partial charge is 0.0490 e. The van der Waals surface area contributed by atoms with Crippen LogP contribution in [-0.2, 0) is 4.74 Å². The average Bonchev–Trinajstić information content (AvgIpc) is 2.32. The molecular weight excluding hydrogens is 311 g/mol. The van der Waals surface area contributed by atoms with Crippen LogP contribution in [0, 0.1) is 17.8 Å². The normalized spacial score (nSPS) is 40.9. The fourth-order valence-corrected chi connectivity index (χ4v) is 4.33. The maximum atomic E-state index is 5.28. The van der Waals surface area contributed by atoms with E-state index in [-0.39, 0.29) is 0 Å². The number of rotatable bonds is 3. The van der Waals surface area contributed by atoms with Gasteiger partial charge in [-0.15, -0.1) is 0 Å². The van der Waals surface area contributed by atoms with Crippen LogP contribution in [0.2, 0.25) is 0 Å². The molecule has 0 spiro atoms. The van der Waals surface area contributed by atoms with Gasteiger partial charge in [0.05, 0.1) is 0 Å². The van der Waals surface area contributed by atoms with Crippen molar-refractivity contribution in [1.82, 2.24) is 0 Å². The summed E-state index contributed by atoms with van der Waals surface area (Å²) in [5, 5.41) is 0. The lowest BCUT2D eigenvalue weighted by Crippen LogP contribution is -2.26. The summed E-state index contributed by atoms with van der Waals surface area (Å²) in [7, 11) is 1.84. The Morgan fingerprint density at radius 1 is 0.875 bits per heavy atom. The summed E-state index contributed by atoms with van der Waals surface area (Å²) < 4.78 is 6.25. The van der Waals surface area contributed by atoms with E-state index in [1.807, 2.05) is 7.11 Å². The van der Waals surface area contributed by atoms with Crippen LogP contribution in [0.25, 0.3) is 0 Å². The molecule has 0 atom stereocenters. The van der Waals surface area contributed by atoms with Gasteiger partial charge in [-0.1, -0.05) is 22.6 Å². The highest BCUT2D eigenvalue weighted by molar-refractivity contribution is 14.1. The first-order chi connectivity index (χ1) is 7.79. The Bertz CT molecular complexity index is 191. The molecule has 0 saturated heterocycles. The number of alkyl halides is 1. The summed E-state index contributed by atoms with van der Waals surface area (Å²) in [5.41, 5.74) is 0. The van der Waals surface area contributed by atoms with E-state index in [1.165, 1.54) is 51.4 Å². The van der Waals surface area contributed by atoms with Gasteiger partial charge in [0.2, 0.25) is 0 Å². The van der Waals surface area contributed by atoms with Gasteiger partial charge in [0, 0.05) is 17.6 Å². The molecule has 0 aromatic rings. The fraction of sp³-hybridized carbons (Fsp3) is 1.00. The first kappa shape index (κ1) is 13.1. The number of halogens is 1. The molecule has 0 unspecified atom stereocenters. The topological polar surface area (TPSA) is 9.23 Å². The molecule has 1 nitrogen and oxygen atoms in total. The van der Waals surface area contributed by atoms with Gasteiger partial charge in [-0.2, -0.15) is 0 Å². The predicted octanol–water partition coefficient (Wildman–Crippen LogP) is 4.43. The van der Waals surface area contributed by atoms with Gasteiger partial charge in [0.25, 0.3) is 0 Å². The largest absolute Gasteiger partial charge is 0.384 e. The van der Waals surface area contributed by atoms with Crippen LogP contribution in [0.3, 0.4) is 0 Å². The number of methoxy groups -OCH3 is 1. The van der Waals surface area contributed by atoms with E-state index < -0.39 is 0 Å². The van der Waals surface area contributed by atoms with E-state index in [0.717, 1.165) is 28.3 Å². The Hall–Kier alpha value is 0.690. The third kappa shape index (κ3) is 3.59. The van der Waals surface area contributed by atoms with E-state index in [2.05, 4.69) is 22.6 Å². The van der Waals surface area contributed by atoms with Crippen molar-refractivity contribution < 1.29 is 4.74 Å². The van der Waals surface area contributed by atoms with Gasteiger partial charge in [-0.25, -0.2) is 0 Å². The lowest BCUT2D eigenvalue weighted by Gasteiger charge is -2.36. The minimum atomic E-state index is 0.863. The van der Waals surface area contributed by atoms with Crippen molar-refractivity contribution >= 4 is 22.6 Å². The summed E-state index contributed by atoms with van der Waals surface area (Å²) in [6.07, 6.45) is 11.8. The quantitative estimate of drug-likeness (QED) is 0.547. The molecule has 2 saturated carbocycles. The first-order valence-corrected chi connectivity index (χ1v) is 8.17. The van der Waals surface area contributed by atoms with Crippen LogP contribution in [0.5, 0.6) is 0 Å². The highest BCUT2D eigenvalue weighted by atomic mass is 127. The molecule has 0 heterocycles. The minimum absolute atomic E-state index is 0.863. The second-order valence-corrected chi connectivity index (χ2v) is 7.51. The maximum Gasteiger partial charge on any atom is 0.0490 e. The molecule has 2 heteroatoms. The van der Waals surface area contributed by atoms with Crippen LogP contribution in [0.15, 0.2) is 0 Å². The molecule has 0 N–H and O–H groups in total. The summed E-state index contributed by atoms with van der Waals surface area (Å²) in [6, 6.07) is 0. The van der Waals surface area contributed by atoms with E-state index in [0.29, 0.717) is 0 Å². The monoisotopic (exact) mass is 336 g/mol. The Morgan fingerprint density at radius 3 is 1.88 bits per heavy atom. The molecule has 94 valence electrons. The molecule has 0 radical (unpaired) electrons. The van der Waals surface area contributed by atoms with Crippen LogP contribution in [0.1, 0.15) is 51.4 Å². The summed E-state index contributed by atoms with van der Waals surface area (Å²) in [5.74, 6) is 2.98. The first-order valence-electron chi connectivity index (χ1n) is 6.92. The van der Waals surface area contributed by atoms with E-state index in [1.54, 1.807) is 0 Å². The summed E-state index contributed by atoms with van der Waals surface area (Å²) in [4.78, 5) is 0. The summed E-state index contributed by atoms with van der Waals surface area (Å²) >= 11 is 2.64. The standard InChI is InChI=1S/C14H25IO/c1-16-10-11-2-4-12(5-3-11)13-6-8-14(15)9-7-13/h11-14H,2-10H2,1H3. The highest BCUT2D eigenvalue weighted by Crippen LogP contribution is 2.41. The zero-order valence-electron chi connectivity index (χ0n) is 10.5. The zero-order valence-corrected chi connectivity index (χ0v) is 12.6. The van der Waals surface area contributed by atoms with Gasteiger partial charge in [0.1, 0.15) is 0 Å². The van der Waals surface area contributed by atoms with Crippen LogP contribution >= 0.6 is 22.6 Å². The second-order valence-electron chi connectivity index (χ2n) is 5.75. The molecule has 2 aliphatic carbocycles. The SMILES string of the molecule is COCC1CCC(C2CCC(I)CC2)CC1. The van der Waals surface area contributed by atoms with Gasteiger partial charge in [-0.3, -0.25) is 0 Å². The lowest BCUT2D eigenvalue weighted by atomic mass is 9.71. The van der Waals surface area contributed by atoms with Gasteiger partial charge in [0.15, 0.2) is 0 Å². The van der Waals surface area contributed by atoms with Crippen LogP contribution < -0.4 is 0 Å².